The zero-order valence-electron chi connectivity index (χ0n) is 16.4. The fourth-order valence-electron chi connectivity index (χ4n) is 2.82. The van der Waals surface area contributed by atoms with E-state index in [1.165, 1.54) is 20.3 Å². The van der Waals surface area contributed by atoms with Gasteiger partial charge in [-0.1, -0.05) is 30.3 Å². The van der Waals surface area contributed by atoms with Crippen molar-refractivity contribution in [2.24, 2.45) is 0 Å². The van der Waals surface area contributed by atoms with Crippen molar-refractivity contribution in [1.29, 1.82) is 0 Å². The van der Waals surface area contributed by atoms with Crippen molar-refractivity contribution >= 4 is 23.5 Å². The number of nitrogens with one attached hydrogen (secondary N) is 1. The fourth-order valence-corrected chi connectivity index (χ4v) is 2.82. The van der Waals surface area contributed by atoms with Gasteiger partial charge in [-0.05, 0) is 31.2 Å². The van der Waals surface area contributed by atoms with Crippen molar-refractivity contribution in [3.63, 3.8) is 0 Å². The molecule has 0 aliphatic carbocycles. The molecule has 0 bridgehead atoms. The molecule has 150 valence electrons. The highest BCUT2D eigenvalue weighted by Gasteiger charge is 2.37. The molecular weight excluding hydrogens is 374 g/mol. The number of carbonyl (C=O) groups is 2. The van der Waals surface area contributed by atoms with Crippen LogP contribution in [0.3, 0.4) is 0 Å². The van der Waals surface area contributed by atoms with Crippen molar-refractivity contribution in [3.8, 4) is 11.5 Å². The number of ether oxygens (including phenoxy) is 4. The quantitative estimate of drug-likeness (QED) is 0.436. The molecule has 1 heterocycles. The first-order valence-corrected chi connectivity index (χ1v) is 8.97. The summed E-state index contributed by atoms with van der Waals surface area (Å²) in [6.07, 6.45) is 1.50. The van der Waals surface area contributed by atoms with Crippen LogP contribution in [0.15, 0.2) is 65.7 Å². The minimum atomic E-state index is -0.753. The van der Waals surface area contributed by atoms with Crippen molar-refractivity contribution < 1.29 is 28.5 Å². The molecule has 0 amide bonds. The number of esters is 1. The van der Waals surface area contributed by atoms with Crippen molar-refractivity contribution in [2.75, 3.05) is 26.1 Å². The van der Waals surface area contributed by atoms with Gasteiger partial charge in [0.15, 0.2) is 22.8 Å². The Morgan fingerprint density at radius 1 is 1.07 bits per heavy atom. The average molecular weight is 395 g/mol. The average Bonchev–Trinajstić information content (AvgIpc) is 3.03. The highest BCUT2D eigenvalue weighted by atomic mass is 16.5. The molecule has 0 spiro atoms. The first-order chi connectivity index (χ1) is 14.1. The zero-order chi connectivity index (χ0) is 20.8. The van der Waals surface area contributed by atoms with Gasteiger partial charge in [-0.25, -0.2) is 4.79 Å². The van der Waals surface area contributed by atoms with Crippen LogP contribution in [0.5, 0.6) is 11.5 Å². The molecule has 2 aromatic carbocycles. The summed E-state index contributed by atoms with van der Waals surface area (Å²) in [5.74, 6) is -0.385. The Morgan fingerprint density at radius 2 is 1.83 bits per heavy atom. The van der Waals surface area contributed by atoms with E-state index in [1.807, 2.05) is 18.2 Å². The van der Waals surface area contributed by atoms with Crippen LogP contribution in [-0.2, 0) is 19.1 Å². The third-order valence-electron chi connectivity index (χ3n) is 4.12. The number of allylic oxidation sites excluding steroid dienone is 1. The highest BCUT2D eigenvalue weighted by Crippen LogP contribution is 2.35. The number of ketones is 1. The number of Topliss-reactive ketones (excluding diaryl/α,β-unsaturated/α-hetero) is 1. The number of rotatable bonds is 7. The summed E-state index contributed by atoms with van der Waals surface area (Å²) >= 11 is 0. The topological polar surface area (TPSA) is 83.1 Å². The molecule has 1 aliphatic heterocycles. The molecule has 29 heavy (non-hydrogen) atoms. The molecule has 0 saturated carbocycles. The van der Waals surface area contributed by atoms with E-state index in [-0.39, 0.29) is 23.8 Å². The van der Waals surface area contributed by atoms with Crippen LogP contribution in [-0.4, -0.2) is 32.6 Å². The molecule has 3 rings (SSSR count). The van der Waals surface area contributed by atoms with Crippen LogP contribution in [0.2, 0.25) is 0 Å². The Morgan fingerprint density at radius 3 is 2.48 bits per heavy atom. The summed E-state index contributed by atoms with van der Waals surface area (Å²) in [7, 11) is 3.02. The lowest BCUT2D eigenvalue weighted by molar-refractivity contribution is -0.139. The van der Waals surface area contributed by atoms with Crippen molar-refractivity contribution in [1.82, 2.24) is 0 Å². The van der Waals surface area contributed by atoms with Crippen LogP contribution < -0.4 is 14.8 Å². The van der Waals surface area contributed by atoms with E-state index in [0.717, 1.165) is 0 Å². The van der Waals surface area contributed by atoms with Gasteiger partial charge in [0.05, 0.1) is 20.8 Å². The molecule has 0 radical (unpaired) electrons. The van der Waals surface area contributed by atoms with Crippen LogP contribution in [0, 0.1) is 0 Å². The molecule has 0 saturated heterocycles. The first-order valence-electron chi connectivity index (χ1n) is 8.97. The monoisotopic (exact) mass is 395 g/mol. The summed E-state index contributed by atoms with van der Waals surface area (Å²) in [5.41, 5.74) is 1.04. The maximum absolute atomic E-state index is 12.9. The Bertz CT molecular complexity index is 978. The molecule has 1 aliphatic rings. The van der Waals surface area contributed by atoms with Gasteiger partial charge in [0, 0.05) is 11.3 Å². The summed E-state index contributed by atoms with van der Waals surface area (Å²) < 4.78 is 21.4. The van der Waals surface area contributed by atoms with Crippen LogP contribution in [0.25, 0.3) is 6.08 Å². The van der Waals surface area contributed by atoms with Crippen LogP contribution >= 0.6 is 0 Å². The number of benzene rings is 2. The number of hydrogen-bond acceptors (Lipinski definition) is 7. The van der Waals surface area contributed by atoms with E-state index < -0.39 is 11.8 Å². The number of hydrogen-bond donors (Lipinski definition) is 1. The molecule has 0 fully saturated rings. The minimum absolute atomic E-state index is 0.0211. The third-order valence-corrected chi connectivity index (χ3v) is 4.12. The van der Waals surface area contributed by atoms with E-state index in [9.17, 15) is 9.59 Å². The summed E-state index contributed by atoms with van der Waals surface area (Å²) in [6.45, 7) is 1.80. The SMILES string of the molecule is CCOC(=O)C1=C(Nc2ccccc2)OC(=Cc2cccc(OC)c2OC)C1=O. The van der Waals surface area contributed by atoms with Crippen LogP contribution in [0.4, 0.5) is 5.69 Å². The Kier molecular flexibility index (Phi) is 6.19. The Labute approximate surface area is 168 Å². The molecule has 0 atom stereocenters. The van der Waals surface area contributed by atoms with Crippen molar-refractivity contribution in [3.05, 3.63) is 71.3 Å². The first kappa shape index (κ1) is 20.0. The summed E-state index contributed by atoms with van der Waals surface area (Å²) in [5, 5.41) is 2.97. The molecule has 7 nitrogen and oxygen atoms in total. The zero-order valence-corrected chi connectivity index (χ0v) is 16.4. The standard InChI is InChI=1S/C22H21NO6/c1-4-28-22(25)18-19(24)17(29-21(18)23-15-10-6-5-7-11-15)13-14-9-8-12-16(26-2)20(14)27-3/h5-13,23H,4H2,1-3H3. The minimum Gasteiger partial charge on any atom is -0.493 e. The second-order valence-corrected chi connectivity index (χ2v) is 5.94. The van der Waals surface area contributed by atoms with Gasteiger partial charge in [-0.15, -0.1) is 0 Å². The third kappa shape index (κ3) is 4.24. The number of methoxy groups -OCH3 is 2. The van der Waals surface area contributed by atoms with E-state index in [4.69, 9.17) is 18.9 Å². The number of anilines is 1. The second kappa shape index (κ2) is 8.97. The largest absolute Gasteiger partial charge is 0.493 e. The van der Waals surface area contributed by atoms with Gasteiger partial charge >= 0.3 is 5.97 Å². The second-order valence-electron chi connectivity index (χ2n) is 5.94. The van der Waals surface area contributed by atoms with Gasteiger partial charge in [-0.2, -0.15) is 0 Å². The van der Waals surface area contributed by atoms with Gasteiger partial charge < -0.3 is 24.3 Å². The molecule has 0 unspecified atom stereocenters. The molecule has 1 N–H and O–H groups in total. The van der Waals surface area contributed by atoms with Gasteiger partial charge in [0.25, 0.3) is 0 Å². The lowest BCUT2D eigenvalue weighted by Gasteiger charge is -2.11. The van der Waals surface area contributed by atoms with E-state index in [2.05, 4.69) is 5.32 Å². The smallest absolute Gasteiger partial charge is 0.347 e. The van der Waals surface area contributed by atoms with E-state index in [0.29, 0.717) is 22.7 Å². The lowest BCUT2D eigenvalue weighted by atomic mass is 10.1. The number of carbonyl (C=O) groups excluding carboxylic acids is 2. The predicted octanol–water partition coefficient (Wildman–Crippen LogP) is 3.53. The maximum atomic E-state index is 12.9. The van der Waals surface area contributed by atoms with E-state index in [1.54, 1.807) is 37.3 Å². The summed E-state index contributed by atoms with van der Waals surface area (Å²) in [4.78, 5) is 25.3. The van der Waals surface area contributed by atoms with Crippen molar-refractivity contribution in [2.45, 2.75) is 6.92 Å². The van der Waals surface area contributed by atoms with Gasteiger partial charge in [-0.3, -0.25) is 4.79 Å². The Balaban J connectivity index is 1.99. The molecule has 7 heteroatoms. The number of para-hydroxylation sites is 2. The molecule has 2 aromatic rings. The molecular formula is C22H21NO6. The maximum Gasteiger partial charge on any atom is 0.347 e. The fraction of sp³-hybridized carbons (Fsp3) is 0.182. The lowest BCUT2D eigenvalue weighted by Crippen LogP contribution is -2.16. The normalized spacial score (nSPS) is 14.6. The van der Waals surface area contributed by atoms with E-state index >= 15 is 0 Å². The van der Waals surface area contributed by atoms with Gasteiger partial charge in [0.1, 0.15) is 0 Å². The van der Waals surface area contributed by atoms with Crippen LogP contribution in [0.1, 0.15) is 12.5 Å². The highest BCUT2D eigenvalue weighted by molar-refractivity contribution is 6.26. The molecule has 0 aromatic heterocycles. The predicted molar refractivity (Wildman–Crippen MR) is 107 cm³/mol. The Hall–Kier alpha value is -3.74. The van der Waals surface area contributed by atoms with Gasteiger partial charge in [0.2, 0.25) is 11.7 Å². The summed E-state index contributed by atoms with van der Waals surface area (Å²) in [6, 6.07) is 14.3.